The molecule has 16 heavy (non-hydrogen) atoms. The van der Waals surface area contributed by atoms with Crippen LogP contribution in [0.15, 0.2) is 4.90 Å². The van der Waals surface area contributed by atoms with E-state index in [2.05, 4.69) is 10.2 Å². The van der Waals surface area contributed by atoms with Crippen LogP contribution in [0.25, 0.3) is 0 Å². The molecule has 0 atom stereocenters. The Labute approximate surface area is 94.2 Å². The third-order valence-electron chi connectivity index (χ3n) is 2.12. The number of likely N-dealkylation sites (N-methyl/N-ethyl adjacent to an activating group) is 1. The van der Waals surface area contributed by atoms with E-state index in [9.17, 15) is 8.42 Å². The predicted molar refractivity (Wildman–Crippen MR) is 59.8 cm³/mol. The van der Waals surface area contributed by atoms with Gasteiger partial charge < -0.3 is 5.73 Å². The van der Waals surface area contributed by atoms with Gasteiger partial charge in [-0.05, 0) is 13.8 Å². The molecule has 1 aromatic rings. The molecule has 0 aliphatic carbocycles. The lowest BCUT2D eigenvalue weighted by molar-refractivity contribution is 0.503. The van der Waals surface area contributed by atoms with Crippen molar-refractivity contribution in [3.63, 3.8) is 0 Å². The lowest BCUT2D eigenvalue weighted by Gasteiger charge is -2.16. The molecule has 8 heteroatoms. The standard InChI is InChI=1S/C8H15N5O2S/c1-5-8(6(2)12-11-5)16(14,15)13(3)4-7(9)10/h4H2,1-3H3,(H3,9,10)(H,11,12). The molecule has 0 aromatic carbocycles. The van der Waals surface area contributed by atoms with Crippen LogP contribution in [-0.2, 0) is 10.0 Å². The zero-order chi connectivity index (χ0) is 12.5. The van der Waals surface area contributed by atoms with Gasteiger partial charge in [-0.15, -0.1) is 0 Å². The number of rotatable bonds is 4. The van der Waals surface area contributed by atoms with Crippen molar-refractivity contribution in [2.45, 2.75) is 18.7 Å². The highest BCUT2D eigenvalue weighted by Crippen LogP contribution is 2.19. The average Bonchev–Trinajstić information content (AvgIpc) is 2.45. The Morgan fingerprint density at radius 1 is 1.56 bits per heavy atom. The van der Waals surface area contributed by atoms with E-state index in [1.807, 2.05) is 0 Å². The summed E-state index contributed by atoms with van der Waals surface area (Å²) in [5.74, 6) is -0.204. The molecule has 1 rings (SSSR count). The first-order chi connectivity index (χ1) is 7.26. The van der Waals surface area contributed by atoms with Crippen LogP contribution in [0.2, 0.25) is 0 Å². The molecule has 4 N–H and O–H groups in total. The van der Waals surface area contributed by atoms with Gasteiger partial charge in [0.25, 0.3) is 0 Å². The van der Waals surface area contributed by atoms with Crippen LogP contribution in [0.1, 0.15) is 11.4 Å². The van der Waals surface area contributed by atoms with E-state index in [0.717, 1.165) is 4.31 Å². The lowest BCUT2D eigenvalue weighted by Crippen LogP contribution is -2.35. The molecule has 0 aliphatic rings. The summed E-state index contributed by atoms with van der Waals surface area (Å²) >= 11 is 0. The third-order valence-corrected chi connectivity index (χ3v) is 4.19. The highest BCUT2D eigenvalue weighted by Gasteiger charge is 2.27. The maximum absolute atomic E-state index is 12.1. The Kier molecular flexibility index (Phi) is 3.34. The molecule has 90 valence electrons. The molecule has 0 saturated carbocycles. The summed E-state index contributed by atoms with van der Waals surface area (Å²) in [7, 11) is -2.26. The van der Waals surface area contributed by atoms with E-state index < -0.39 is 10.0 Å². The van der Waals surface area contributed by atoms with Crippen molar-refractivity contribution >= 4 is 15.9 Å². The molecule has 0 spiro atoms. The molecular formula is C8H15N5O2S. The monoisotopic (exact) mass is 245 g/mol. The number of aromatic nitrogens is 2. The van der Waals surface area contributed by atoms with E-state index in [1.54, 1.807) is 13.8 Å². The van der Waals surface area contributed by atoms with Crippen molar-refractivity contribution in [2.75, 3.05) is 13.6 Å². The van der Waals surface area contributed by atoms with Crippen LogP contribution in [0.3, 0.4) is 0 Å². The summed E-state index contributed by atoms with van der Waals surface area (Å²) in [4.78, 5) is 0.149. The van der Waals surface area contributed by atoms with Crippen molar-refractivity contribution < 1.29 is 8.42 Å². The maximum atomic E-state index is 12.1. The first-order valence-electron chi connectivity index (χ1n) is 4.57. The fourth-order valence-corrected chi connectivity index (χ4v) is 2.87. The van der Waals surface area contributed by atoms with E-state index in [4.69, 9.17) is 11.1 Å². The zero-order valence-electron chi connectivity index (χ0n) is 9.40. The van der Waals surface area contributed by atoms with Gasteiger partial charge in [0, 0.05) is 7.05 Å². The molecule has 7 nitrogen and oxygen atoms in total. The molecule has 0 unspecified atom stereocenters. The van der Waals surface area contributed by atoms with Gasteiger partial charge in [0.1, 0.15) is 10.7 Å². The Morgan fingerprint density at radius 2 is 2.12 bits per heavy atom. The Bertz CT molecular complexity index is 485. The summed E-state index contributed by atoms with van der Waals surface area (Å²) in [5.41, 5.74) is 6.06. The second kappa shape index (κ2) is 4.22. The highest BCUT2D eigenvalue weighted by atomic mass is 32.2. The van der Waals surface area contributed by atoms with E-state index in [1.165, 1.54) is 7.05 Å². The minimum atomic E-state index is -3.63. The number of aromatic amines is 1. The Balaban J connectivity index is 3.17. The number of nitrogens with two attached hydrogens (primary N) is 1. The second-order valence-electron chi connectivity index (χ2n) is 3.55. The van der Waals surface area contributed by atoms with E-state index in [-0.39, 0.29) is 17.3 Å². The quantitative estimate of drug-likeness (QED) is 0.493. The van der Waals surface area contributed by atoms with Gasteiger partial charge in [0.05, 0.1) is 17.9 Å². The fraction of sp³-hybridized carbons (Fsp3) is 0.500. The van der Waals surface area contributed by atoms with Crippen molar-refractivity contribution in [3.8, 4) is 0 Å². The molecule has 0 radical (unpaired) electrons. The summed E-state index contributed by atoms with van der Waals surface area (Å²) in [5, 5.41) is 13.5. The Morgan fingerprint density at radius 3 is 2.50 bits per heavy atom. The number of hydrogen-bond acceptors (Lipinski definition) is 4. The smallest absolute Gasteiger partial charge is 0.246 e. The van der Waals surface area contributed by atoms with Gasteiger partial charge in [0.15, 0.2) is 0 Å². The first-order valence-corrected chi connectivity index (χ1v) is 6.01. The van der Waals surface area contributed by atoms with Gasteiger partial charge in [-0.1, -0.05) is 0 Å². The summed E-state index contributed by atoms with van der Waals surface area (Å²) in [6.07, 6.45) is 0. The summed E-state index contributed by atoms with van der Waals surface area (Å²) in [6, 6.07) is 0. The van der Waals surface area contributed by atoms with E-state index in [0.29, 0.717) is 11.4 Å². The molecular weight excluding hydrogens is 230 g/mol. The van der Waals surface area contributed by atoms with Crippen molar-refractivity contribution in [3.05, 3.63) is 11.4 Å². The lowest BCUT2D eigenvalue weighted by atomic mass is 10.4. The summed E-state index contributed by atoms with van der Waals surface area (Å²) < 4.78 is 25.2. The second-order valence-corrected chi connectivity index (χ2v) is 5.53. The van der Waals surface area contributed by atoms with Crippen molar-refractivity contribution in [1.29, 1.82) is 5.41 Å². The SMILES string of the molecule is Cc1n[nH]c(C)c1S(=O)(=O)N(C)CC(=N)N. The largest absolute Gasteiger partial charge is 0.387 e. The highest BCUT2D eigenvalue weighted by molar-refractivity contribution is 7.89. The van der Waals surface area contributed by atoms with Crippen LogP contribution in [0.4, 0.5) is 0 Å². The number of aryl methyl sites for hydroxylation is 2. The molecule has 0 aliphatic heterocycles. The van der Waals surface area contributed by atoms with Gasteiger partial charge in [0.2, 0.25) is 10.0 Å². The number of H-pyrrole nitrogens is 1. The third kappa shape index (κ3) is 2.22. The zero-order valence-corrected chi connectivity index (χ0v) is 10.2. The first kappa shape index (κ1) is 12.7. The van der Waals surface area contributed by atoms with Gasteiger partial charge in [-0.2, -0.15) is 9.40 Å². The molecule has 0 fully saturated rings. The number of amidine groups is 1. The van der Waals surface area contributed by atoms with Crippen molar-refractivity contribution in [1.82, 2.24) is 14.5 Å². The average molecular weight is 245 g/mol. The molecule has 1 heterocycles. The predicted octanol–water partition coefficient (Wildman–Crippen LogP) is -0.417. The number of hydrogen-bond donors (Lipinski definition) is 3. The van der Waals surface area contributed by atoms with Crippen LogP contribution < -0.4 is 5.73 Å². The topological polar surface area (TPSA) is 116 Å². The number of sulfonamides is 1. The molecule has 0 saturated heterocycles. The maximum Gasteiger partial charge on any atom is 0.246 e. The number of nitrogens with zero attached hydrogens (tertiary/aromatic N) is 2. The van der Waals surface area contributed by atoms with Gasteiger partial charge >= 0.3 is 0 Å². The Hall–Kier alpha value is -1.41. The van der Waals surface area contributed by atoms with Gasteiger partial charge in [-0.25, -0.2) is 8.42 Å². The van der Waals surface area contributed by atoms with Crippen molar-refractivity contribution in [2.24, 2.45) is 5.73 Å². The van der Waals surface area contributed by atoms with E-state index >= 15 is 0 Å². The van der Waals surface area contributed by atoms with Crippen LogP contribution >= 0.6 is 0 Å². The molecule has 0 bridgehead atoms. The number of nitrogens with one attached hydrogen (secondary N) is 2. The van der Waals surface area contributed by atoms with Gasteiger partial charge in [-0.3, -0.25) is 10.5 Å². The van der Waals surface area contributed by atoms with Crippen LogP contribution in [0, 0.1) is 19.3 Å². The minimum Gasteiger partial charge on any atom is -0.387 e. The molecule has 0 amide bonds. The molecule has 1 aromatic heterocycles. The van der Waals surface area contributed by atoms with Crippen LogP contribution in [-0.4, -0.2) is 42.3 Å². The summed E-state index contributed by atoms with van der Waals surface area (Å²) in [6.45, 7) is 3.11. The van der Waals surface area contributed by atoms with Crippen LogP contribution in [0.5, 0.6) is 0 Å². The minimum absolute atomic E-state index is 0.133. The fourth-order valence-electron chi connectivity index (χ4n) is 1.40. The normalized spacial score (nSPS) is 12.0.